The van der Waals surface area contributed by atoms with Crippen LogP contribution in [0.5, 0.6) is 5.75 Å². The molecular formula is C19H21BN2O3S. The minimum absolute atomic E-state index is 0.402. The van der Waals surface area contributed by atoms with E-state index in [1.54, 1.807) is 18.2 Å². The minimum atomic E-state index is -1.57. The van der Waals surface area contributed by atoms with Gasteiger partial charge in [-0.25, -0.2) is 0 Å². The van der Waals surface area contributed by atoms with Crippen molar-refractivity contribution in [1.29, 1.82) is 0 Å². The van der Waals surface area contributed by atoms with Gasteiger partial charge < -0.3 is 14.8 Å². The zero-order valence-corrected chi connectivity index (χ0v) is 15.4. The van der Waals surface area contributed by atoms with Crippen LogP contribution in [0.15, 0.2) is 48.5 Å². The SMILES string of the molecule is CCCc1nnc(-c2cc(OCCc3ccccc3)ccc2B(O)O)s1. The number of rotatable bonds is 8. The van der Waals surface area contributed by atoms with Gasteiger partial charge in [0.25, 0.3) is 0 Å². The van der Waals surface area contributed by atoms with Crippen LogP contribution in [-0.4, -0.2) is 34.0 Å². The van der Waals surface area contributed by atoms with E-state index in [2.05, 4.69) is 29.3 Å². The van der Waals surface area contributed by atoms with Crippen LogP contribution in [-0.2, 0) is 12.8 Å². The number of benzene rings is 2. The van der Waals surface area contributed by atoms with Crippen molar-refractivity contribution in [3.8, 4) is 16.3 Å². The summed E-state index contributed by atoms with van der Waals surface area (Å²) in [5.74, 6) is 0.674. The van der Waals surface area contributed by atoms with Crippen molar-refractivity contribution >= 4 is 23.9 Å². The Balaban J connectivity index is 1.77. The van der Waals surface area contributed by atoms with Crippen molar-refractivity contribution in [1.82, 2.24) is 10.2 Å². The molecule has 0 saturated heterocycles. The smallest absolute Gasteiger partial charge is 0.489 e. The van der Waals surface area contributed by atoms with Crippen molar-refractivity contribution in [3.63, 3.8) is 0 Å². The monoisotopic (exact) mass is 368 g/mol. The summed E-state index contributed by atoms with van der Waals surface area (Å²) in [5, 5.41) is 29.3. The fourth-order valence-corrected chi connectivity index (χ4v) is 3.62. The van der Waals surface area contributed by atoms with Crippen molar-refractivity contribution in [2.45, 2.75) is 26.2 Å². The van der Waals surface area contributed by atoms with E-state index >= 15 is 0 Å². The van der Waals surface area contributed by atoms with Gasteiger partial charge in [-0.3, -0.25) is 0 Å². The Morgan fingerprint density at radius 1 is 1.04 bits per heavy atom. The van der Waals surface area contributed by atoms with Gasteiger partial charge in [-0.2, -0.15) is 0 Å². The second kappa shape index (κ2) is 8.94. The first-order valence-electron chi connectivity index (χ1n) is 8.67. The largest absolute Gasteiger partial charge is 0.493 e. The second-order valence-corrected chi connectivity index (χ2v) is 7.02. The van der Waals surface area contributed by atoms with E-state index in [4.69, 9.17) is 4.74 Å². The van der Waals surface area contributed by atoms with E-state index in [1.807, 2.05) is 18.2 Å². The van der Waals surface area contributed by atoms with Gasteiger partial charge in [0.15, 0.2) is 0 Å². The first-order chi connectivity index (χ1) is 12.7. The fraction of sp³-hybridized carbons (Fsp3) is 0.263. The van der Waals surface area contributed by atoms with Gasteiger partial charge >= 0.3 is 7.12 Å². The zero-order chi connectivity index (χ0) is 18.4. The molecule has 0 amide bonds. The summed E-state index contributed by atoms with van der Waals surface area (Å²) in [5.41, 5.74) is 2.26. The molecule has 5 nitrogen and oxygen atoms in total. The molecule has 7 heteroatoms. The normalized spacial score (nSPS) is 10.7. The summed E-state index contributed by atoms with van der Waals surface area (Å²) in [6.45, 7) is 2.63. The lowest BCUT2D eigenvalue weighted by molar-refractivity contribution is 0.322. The Morgan fingerprint density at radius 2 is 1.85 bits per heavy atom. The van der Waals surface area contributed by atoms with Crippen LogP contribution in [0, 0.1) is 0 Å². The van der Waals surface area contributed by atoms with E-state index in [0.29, 0.717) is 28.4 Å². The number of hydrogen-bond acceptors (Lipinski definition) is 6. The second-order valence-electron chi connectivity index (χ2n) is 5.96. The third kappa shape index (κ3) is 4.69. The number of aryl methyl sites for hydroxylation is 1. The Hall–Kier alpha value is -2.22. The molecule has 0 spiro atoms. The van der Waals surface area contributed by atoms with Gasteiger partial charge in [-0.1, -0.05) is 54.7 Å². The van der Waals surface area contributed by atoms with Crippen LogP contribution in [0.3, 0.4) is 0 Å². The molecule has 0 fully saturated rings. The van der Waals surface area contributed by atoms with Gasteiger partial charge in [0.2, 0.25) is 0 Å². The minimum Gasteiger partial charge on any atom is -0.493 e. The molecular weight excluding hydrogens is 347 g/mol. The van der Waals surface area contributed by atoms with E-state index in [-0.39, 0.29) is 0 Å². The standard InChI is InChI=1S/C19H21BN2O3S/c1-2-6-18-21-22-19(26-18)16-13-15(9-10-17(16)20(23)24)25-12-11-14-7-4-3-5-8-14/h3-5,7-10,13,23-24H,2,6,11-12H2,1H3. The topological polar surface area (TPSA) is 75.5 Å². The van der Waals surface area contributed by atoms with Gasteiger partial charge in [0, 0.05) is 18.4 Å². The average Bonchev–Trinajstić information content (AvgIpc) is 3.11. The maximum Gasteiger partial charge on any atom is 0.489 e. The predicted molar refractivity (Wildman–Crippen MR) is 105 cm³/mol. The summed E-state index contributed by atoms with van der Waals surface area (Å²) in [4.78, 5) is 0. The van der Waals surface area contributed by atoms with E-state index < -0.39 is 7.12 Å². The summed E-state index contributed by atoms with van der Waals surface area (Å²) in [7, 11) is -1.57. The van der Waals surface area contributed by atoms with Gasteiger partial charge in [0.05, 0.1) is 6.61 Å². The highest BCUT2D eigenvalue weighted by molar-refractivity contribution is 7.14. The van der Waals surface area contributed by atoms with E-state index in [0.717, 1.165) is 24.3 Å². The summed E-state index contributed by atoms with van der Waals surface area (Å²) in [6, 6.07) is 15.4. The molecule has 3 rings (SSSR count). The van der Waals surface area contributed by atoms with Crippen molar-refractivity contribution in [2.75, 3.05) is 6.61 Å². The van der Waals surface area contributed by atoms with Crippen LogP contribution in [0.1, 0.15) is 23.9 Å². The highest BCUT2D eigenvalue weighted by Crippen LogP contribution is 2.26. The molecule has 0 aliphatic heterocycles. The number of nitrogens with zero attached hydrogens (tertiary/aromatic N) is 2. The average molecular weight is 368 g/mol. The molecule has 0 unspecified atom stereocenters. The fourth-order valence-electron chi connectivity index (χ4n) is 2.64. The summed E-state index contributed by atoms with van der Waals surface area (Å²) in [6.07, 6.45) is 2.66. The third-order valence-electron chi connectivity index (χ3n) is 3.97. The number of hydrogen-bond donors (Lipinski definition) is 2. The molecule has 0 aliphatic rings. The van der Waals surface area contributed by atoms with Crippen LogP contribution < -0.4 is 10.2 Å². The lowest BCUT2D eigenvalue weighted by Crippen LogP contribution is -2.31. The lowest BCUT2D eigenvalue weighted by atomic mass is 9.77. The Bertz CT molecular complexity index is 840. The molecule has 3 aromatic rings. The maximum atomic E-state index is 9.66. The molecule has 1 heterocycles. The molecule has 0 saturated carbocycles. The van der Waals surface area contributed by atoms with Crippen molar-refractivity contribution in [2.24, 2.45) is 0 Å². The Kier molecular flexibility index (Phi) is 6.38. The predicted octanol–water partition coefficient (Wildman–Crippen LogP) is 2.46. The van der Waals surface area contributed by atoms with Gasteiger partial charge in [-0.05, 0) is 29.6 Å². The molecule has 2 N–H and O–H groups in total. The van der Waals surface area contributed by atoms with Gasteiger partial charge in [-0.15, -0.1) is 10.2 Å². The molecule has 0 radical (unpaired) electrons. The van der Waals surface area contributed by atoms with Crippen molar-refractivity contribution in [3.05, 3.63) is 59.1 Å². The highest BCUT2D eigenvalue weighted by atomic mass is 32.1. The molecule has 0 atom stereocenters. The van der Waals surface area contributed by atoms with Crippen LogP contribution in [0.25, 0.3) is 10.6 Å². The maximum absolute atomic E-state index is 9.66. The zero-order valence-electron chi connectivity index (χ0n) is 14.6. The Labute approximate surface area is 157 Å². The summed E-state index contributed by atoms with van der Waals surface area (Å²) >= 11 is 1.47. The number of ether oxygens (including phenoxy) is 1. The third-order valence-corrected chi connectivity index (χ3v) is 4.98. The van der Waals surface area contributed by atoms with Gasteiger partial charge in [0.1, 0.15) is 15.8 Å². The summed E-state index contributed by atoms with van der Waals surface area (Å²) < 4.78 is 5.85. The number of aromatic nitrogens is 2. The molecule has 0 aliphatic carbocycles. The molecule has 0 bridgehead atoms. The molecule has 1 aromatic heterocycles. The molecule has 134 valence electrons. The first-order valence-corrected chi connectivity index (χ1v) is 9.48. The van der Waals surface area contributed by atoms with Crippen LogP contribution in [0.2, 0.25) is 0 Å². The first kappa shape index (κ1) is 18.6. The van der Waals surface area contributed by atoms with Crippen molar-refractivity contribution < 1.29 is 14.8 Å². The van der Waals surface area contributed by atoms with Crippen LogP contribution in [0.4, 0.5) is 0 Å². The Morgan fingerprint density at radius 3 is 2.58 bits per heavy atom. The quantitative estimate of drug-likeness (QED) is 0.598. The molecule has 2 aromatic carbocycles. The van der Waals surface area contributed by atoms with E-state index in [1.165, 1.54) is 16.9 Å². The molecule has 26 heavy (non-hydrogen) atoms. The van der Waals surface area contributed by atoms with E-state index in [9.17, 15) is 10.0 Å². The van der Waals surface area contributed by atoms with Crippen LogP contribution >= 0.6 is 11.3 Å². The lowest BCUT2D eigenvalue weighted by Gasteiger charge is -2.11. The highest BCUT2D eigenvalue weighted by Gasteiger charge is 2.20.